The highest BCUT2D eigenvalue weighted by Crippen LogP contribution is 2.42. The second-order valence-electron chi connectivity index (χ2n) is 10.2. The average Bonchev–Trinajstić information content (AvgIpc) is 3.41. The predicted octanol–water partition coefficient (Wildman–Crippen LogP) is 11.5. The zero-order chi connectivity index (χ0) is 26.5. The Morgan fingerprint density at radius 3 is 1.95 bits per heavy atom. The summed E-state index contributed by atoms with van der Waals surface area (Å²) >= 11 is 1.87. The zero-order valence-electron chi connectivity index (χ0n) is 21.8. The Kier molecular flexibility index (Phi) is 5.39. The minimum atomic E-state index is 1.14. The molecule has 0 fully saturated rings. The normalized spacial score (nSPS) is 11.5. The van der Waals surface area contributed by atoms with E-state index >= 15 is 0 Å². The van der Waals surface area contributed by atoms with Gasteiger partial charge in [0.25, 0.3) is 0 Å². The number of anilines is 3. The first-order valence-electron chi connectivity index (χ1n) is 13.6. The van der Waals surface area contributed by atoms with Crippen LogP contribution in [0.2, 0.25) is 0 Å². The summed E-state index contributed by atoms with van der Waals surface area (Å²) in [5, 5.41) is 7.72. The SMILES string of the molecule is c1ccc(-c2cccc(N(c3ccc4ccccc4c3)c3ccc4c(ccc5sc6ccccc6c54)c3)c2)cc1. The minimum absolute atomic E-state index is 1.14. The number of fused-ring (bicyclic) bond motifs is 6. The van der Waals surface area contributed by atoms with Gasteiger partial charge < -0.3 is 4.90 Å². The molecule has 0 atom stereocenters. The second kappa shape index (κ2) is 9.37. The Hall–Kier alpha value is -4.92. The van der Waals surface area contributed by atoms with Crippen molar-refractivity contribution in [2.45, 2.75) is 0 Å². The van der Waals surface area contributed by atoms with E-state index in [1.54, 1.807) is 0 Å². The number of rotatable bonds is 4. The lowest BCUT2D eigenvalue weighted by atomic mass is 10.0. The van der Waals surface area contributed by atoms with E-state index in [-0.39, 0.29) is 0 Å². The van der Waals surface area contributed by atoms with Gasteiger partial charge in [-0.15, -0.1) is 11.3 Å². The zero-order valence-corrected chi connectivity index (χ0v) is 22.6. The summed E-state index contributed by atoms with van der Waals surface area (Å²) in [6, 6.07) is 55.0. The first-order valence-corrected chi connectivity index (χ1v) is 14.4. The maximum Gasteiger partial charge on any atom is 0.0468 e. The third-order valence-corrected chi connectivity index (χ3v) is 8.94. The van der Waals surface area contributed by atoms with Crippen LogP contribution in [0.5, 0.6) is 0 Å². The van der Waals surface area contributed by atoms with Crippen molar-refractivity contribution in [2.75, 3.05) is 4.90 Å². The van der Waals surface area contributed by atoms with Crippen molar-refractivity contribution >= 4 is 70.1 Å². The molecule has 8 rings (SSSR count). The van der Waals surface area contributed by atoms with Crippen LogP contribution in [-0.2, 0) is 0 Å². The smallest absolute Gasteiger partial charge is 0.0468 e. The van der Waals surface area contributed by atoms with E-state index < -0.39 is 0 Å². The summed E-state index contributed by atoms with van der Waals surface area (Å²) in [5.74, 6) is 0. The average molecular weight is 528 g/mol. The summed E-state index contributed by atoms with van der Waals surface area (Å²) < 4.78 is 2.67. The molecule has 1 aromatic heterocycles. The molecule has 1 heterocycles. The highest BCUT2D eigenvalue weighted by molar-refractivity contribution is 7.26. The molecule has 0 saturated carbocycles. The van der Waals surface area contributed by atoms with E-state index in [9.17, 15) is 0 Å². The van der Waals surface area contributed by atoms with Crippen molar-refractivity contribution in [3.63, 3.8) is 0 Å². The van der Waals surface area contributed by atoms with E-state index in [1.807, 2.05) is 11.3 Å². The van der Waals surface area contributed by atoms with Gasteiger partial charge in [-0.3, -0.25) is 0 Å². The number of nitrogens with zero attached hydrogens (tertiary/aromatic N) is 1. The number of hydrogen-bond donors (Lipinski definition) is 0. The maximum atomic E-state index is 2.38. The van der Waals surface area contributed by atoms with E-state index in [0.29, 0.717) is 0 Å². The van der Waals surface area contributed by atoms with Crippen LogP contribution < -0.4 is 4.90 Å². The quantitative estimate of drug-likeness (QED) is 0.220. The molecule has 0 radical (unpaired) electrons. The summed E-state index contributed by atoms with van der Waals surface area (Å²) in [6.45, 7) is 0. The summed E-state index contributed by atoms with van der Waals surface area (Å²) in [7, 11) is 0. The molecule has 7 aromatic carbocycles. The third kappa shape index (κ3) is 3.85. The predicted molar refractivity (Wildman–Crippen MR) is 174 cm³/mol. The van der Waals surface area contributed by atoms with Gasteiger partial charge in [0, 0.05) is 37.2 Å². The van der Waals surface area contributed by atoms with E-state index in [0.717, 1.165) is 17.1 Å². The molecule has 188 valence electrons. The lowest BCUT2D eigenvalue weighted by Gasteiger charge is -2.27. The van der Waals surface area contributed by atoms with E-state index in [2.05, 4.69) is 157 Å². The lowest BCUT2D eigenvalue weighted by Crippen LogP contribution is -2.10. The van der Waals surface area contributed by atoms with Crippen molar-refractivity contribution in [3.05, 3.63) is 152 Å². The molecule has 0 amide bonds. The second-order valence-corrected chi connectivity index (χ2v) is 11.3. The first-order chi connectivity index (χ1) is 19.8. The number of thiophene rings is 1. The van der Waals surface area contributed by atoms with Crippen molar-refractivity contribution in [2.24, 2.45) is 0 Å². The van der Waals surface area contributed by atoms with Crippen LogP contribution in [0.1, 0.15) is 0 Å². The fraction of sp³-hybridized carbons (Fsp3) is 0. The fourth-order valence-corrected chi connectivity index (χ4v) is 7.02. The molecule has 0 spiro atoms. The van der Waals surface area contributed by atoms with Crippen LogP contribution in [0.3, 0.4) is 0 Å². The van der Waals surface area contributed by atoms with Crippen molar-refractivity contribution in [1.82, 2.24) is 0 Å². The molecule has 2 heteroatoms. The fourth-order valence-electron chi connectivity index (χ4n) is 5.90. The van der Waals surface area contributed by atoms with Crippen molar-refractivity contribution < 1.29 is 0 Å². The molecule has 0 bridgehead atoms. The Morgan fingerprint density at radius 1 is 0.375 bits per heavy atom. The molecule has 40 heavy (non-hydrogen) atoms. The van der Waals surface area contributed by atoms with Gasteiger partial charge in [-0.05, 0) is 81.2 Å². The number of hydrogen-bond acceptors (Lipinski definition) is 2. The maximum absolute atomic E-state index is 2.38. The van der Waals surface area contributed by atoms with Gasteiger partial charge in [0.1, 0.15) is 0 Å². The monoisotopic (exact) mass is 527 g/mol. The number of benzene rings is 7. The van der Waals surface area contributed by atoms with Gasteiger partial charge in [0.2, 0.25) is 0 Å². The van der Waals surface area contributed by atoms with Crippen LogP contribution in [0, 0.1) is 0 Å². The highest BCUT2D eigenvalue weighted by atomic mass is 32.1. The molecule has 0 N–H and O–H groups in total. The molecule has 8 aromatic rings. The molecular weight excluding hydrogens is 502 g/mol. The Morgan fingerprint density at radius 2 is 1.05 bits per heavy atom. The van der Waals surface area contributed by atoms with Crippen LogP contribution in [0.25, 0.3) is 52.8 Å². The van der Waals surface area contributed by atoms with E-state index in [1.165, 1.54) is 52.8 Å². The minimum Gasteiger partial charge on any atom is -0.310 e. The molecule has 0 aliphatic rings. The molecule has 0 aliphatic heterocycles. The van der Waals surface area contributed by atoms with Gasteiger partial charge in [0.15, 0.2) is 0 Å². The van der Waals surface area contributed by atoms with Gasteiger partial charge in [0.05, 0.1) is 0 Å². The Labute approximate surface area is 237 Å². The van der Waals surface area contributed by atoms with Crippen LogP contribution >= 0.6 is 11.3 Å². The summed E-state index contributed by atoms with van der Waals surface area (Å²) in [6.07, 6.45) is 0. The largest absolute Gasteiger partial charge is 0.310 e. The third-order valence-electron chi connectivity index (χ3n) is 7.80. The van der Waals surface area contributed by atoms with Gasteiger partial charge in [-0.2, -0.15) is 0 Å². The molecule has 0 aliphatic carbocycles. The topological polar surface area (TPSA) is 3.24 Å². The Bertz CT molecular complexity index is 2170. The molecular formula is C38H25NS. The van der Waals surface area contributed by atoms with Crippen molar-refractivity contribution in [1.29, 1.82) is 0 Å². The van der Waals surface area contributed by atoms with Crippen LogP contribution in [0.15, 0.2) is 152 Å². The summed E-state index contributed by atoms with van der Waals surface area (Å²) in [4.78, 5) is 2.38. The van der Waals surface area contributed by atoms with Crippen LogP contribution in [0.4, 0.5) is 17.1 Å². The van der Waals surface area contributed by atoms with Gasteiger partial charge in [-0.25, -0.2) is 0 Å². The molecule has 0 saturated heterocycles. The highest BCUT2D eigenvalue weighted by Gasteiger charge is 2.16. The van der Waals surface area contributed by atoms with Gasteiger partial charge in [-0.1, -0.05) is 103 Å². The molecule has 1 nitrogen and oxygen atoms in total. The van der Waals surface area contributed by atoms with Gasteiger partial charge >= 0.3 is 0 Å². The molecule has 0 unspecified atom stereocenters. The first kappa shape index (κ1) is 23.0. The van der Waals surface area contributed by atoms with Crippen molar-refractivity contribution in [3.8, 4) is 11.1 Å². The van der Waals surface area contributed by atoms with E-state index in [4.69, 9.17) is 0 Å². The lowest BCUT2D eigenvalue weighted by molar-refractivity contribution is 1.29. The van der Waals surface area contributed by atoms with Crippen LogP contribution in [-0.4, -0.2) is 0 Å². The Balaban J connectivity index is 1.34. The summed E-state index contributed by atoms with van der Waals surface area (Å²) in [5.41, 5.74) is 5.85. The standard InChI is InChI=1S/C38H25NS/c1-2-9-26(10-3-1)29-13-8-14-31(23-29)39(32-19-17-27-11-4-5-12-28(27)24-32)33-20-21-34-30(25-33)18-22-37-38(34)35-15-6-7-16-36(35)40-37/h1-25H.